The van der Waals surface area contributed by atoms with Crippen molar-refractivity contribution in [2.45, 2.75) is 38.6 Å². The Hall–Kier alpha value is -2.04. The van der Waals surface area contributed by atoms with E-state index in [9.17, 15) is 9.59 Å². The molecule has 3 N–H and O–H groups in total. The van der Waals surface area contributed by atoms with Crippen LogP contribution in [0.25, 0.3) is 0 Å². The topological polar surface area (TPSA) is 78.4 Å². The minimum absolute atomic E-state index is 0.123. The molecule has 19 heavy (non-hydrogen) atoms. The number of hydrogen-bond donors (Lipinski definition) is 3. The summed E-state index contributed by atoms with van der Waals surface area (Å²) in [6, 6.07) is 4.56. The minimum atomic E-state index is -0.993. The van der Waals surface area contributed by atoms with Gasteiger partial charge in [0.15, 0.2) is 0 Å². The summed E-state index contributed by atoms with van der Waals surface area (Å²) in [6.07, 6.45) is 3.09. The van der Waals surface area contributed by atoms with Crippen LogP contribution in [0.5, 0.6) is 0 Å². The number of anilines is 1. The SMILES string of the molecule is Cc1c(NC(=O)NC2(C)CCC2)cccc1C(=O)O. The average Bonchev–Trinajstić information content (AvgIpc) is 2.29. The molecule has 2 rings (SSSR count). The maximum absolute atomic E-state index is 11.9. The standard InChI is InChI=1S/C14H18N2O3/c1-9-10(12(17)18)5-3-6-11(9)15-13(19)16-14(2)7-4-8-14/h3,5-6H,4,7-8H2,1-2H3,(H,17,18)(H2,15,16,19). The summed E-state index contributed by atoms with van der Waals surface area (Å²) >= 11 is 0. The number of amides is 2. The predicted molar refractivity (Wildman–Crippen MR) is 72.5 cm³/mol. The van der Waals surface area contributed by atoms with E-state index < -0.39 is 5.97 Å². The molecular formula is C14H18N2O3. The van der Waals surface area contributed by atoms with Crippen molar-refractivity contribution in [3.63, 3.8) is 0 Å². The second kappa shape index (κ2) is 4.91. The molecule has 1 aliphatic carbocycles. The van der Waals surface area contributed by atoms with Gasteiger partial charge in [-0.15, -0.1) is 0 Å². The van der Waals surface area contributed by atoms with Crippen molar-refractivity contribution >= 4 is 17.7 Å². The number of carboxylic acid groups (broad SMARTS) is 1. The number of urea groups is 1. The maximum Gasteiger partial charge on any atom is 0.336 e. The Balaban J connectivity index is 2.08. The van der Waals surface area contributed by atoms with Crippen molar-refractivity contribution in [3.05, 3.63) is 29.3 Å². The fourth-order valence-corrected chi connectivity index (χ4v) is 2.26. The number of nitrogens with one attached hydrogen (secondary N) is 2. The third-order valence-corrected chi connectivity index (χ3v) is 3.68. The average molecular weight is 262 g/mol. The van der Waals surface area contributed by atoms with Gasteiger partial charge in [-0.25, -0.2) is 9.59 Å². The highest BCUT2D eigenvalue weighted by Crippen LogP contribution is 2.31. The van der Waals surface area contributed by atoms with E-state index in [-0.39, 0.29) is 17.1 Å². The third kappa shape index (κ3) is 2.86. The van der Waals surface area contributed by atoms with Crippen molar-refractivity contribution in [2.75, 3.05) is 5.32 Å². The number of carbonyl (C=O) groups excluding carboxylic acids is 1. The molecule has 1 aromatic rings. The van der Waals surface area contributed by atoms with Gasteiger partial charge < -0.3 is 15.7 Å². The first-order valence-corrected chi connectivity index (χ1v) is 6.33. The Kier molecular flexibility index (Phi) is 3.46. The Morgan fingerprint density at radius 3 is 2.53 bits per heavy atom. The number of benzene rings is 1. The van der Waals surface area contributed by atoms with Gasteiger partial charge in [0, 0.05) is 11.2 Å². The van der Waals surface area contributed by atoms with Crippen molar-refractivity contribution < 1.29 is 14.7 Å². The fraction of sp³-hybridized carbons (Fsp3) is 0.429. The van der Waals surface area contributed by atoms with Gasteiger partial charge >= 0.3 is 12.0 Å². The van der Waals surface area contributed by atoms with Crippen LogP contribution < -0.4 is 10.6 Å². The Labute approximate surface area is 112 Å². The number of rotatable bonds is 3. The van der Waals surface area contributed by atoms with Gasteiger partial charge in [0.05, 0.1) is 5.56 Å². The monoisotopic (exact) mass is 262 g/mol. The van der Waals surface area contributed by atoms with Crippen LogP contribution in [0, 0.1) is 6.92 Å². The van der Waals surface area contributed by atoms with Crippen LogP contribution in [0.3, 0.4) is 0 Å². The highest BCUT2D eigenvalue weighted by Gasteiger charge is 2.33. The van der Waals surface area contributed by atoms with Gasteiger partial charge in [0.2, 0.25) is 0 Å². The van der Waals surface area contributed by atoms with Crippen LogP contribution in [0.15, 0.2) is 18.2 Å². The first-order valence-electron chi connectivity index (χ1n) is 6.33. The molecule has 0 unspecified atom stereocenters. The van der Waals surface area contributed by atoms with Gasteiger partial charge in [-0.1, -0.05) is 6.07 Å². The third-order valence-electron chi connectivity index (χ3n) is 3.68. The molecular weight excluding hydrogens is 244 g/mol. The molecule has 0 aromatic heterocycles. The van der Waals surface area contributed by atoms with Crippen LogP contribution in [0.4, 0.5) is 10.5 Å². The fourth-order valence-electron chi connectivity index (χ4n) is 2.26. The second-order valence-corrected chi connectivity index (χ2v) is 5.28. The lowest BCUT2D eigenvalue weighted by atomic mass is 9.79. The molecule has 0 heterocycles. The first-order chi connectivity index (χ1) is 8.91. The number of aromatic carboxylic acids is 1. The molecule has 1 aromatic carbocycles. The first kappa shape index (κ1) is 13.4. The van der Waals surface area contributed by atoms with E-state index in [1.807, 2.05) is 6.92 Å². The van der Waals surface area contributed by atoms with E-state index in [1.165, 1.54) is 6.07 Å². The highest BCUT2D eigenvalue weighted by atomic mass is 16.4. The molecule has 0 saturated heterocycles. The lowest BCUT2D eigenvalue weighted by molar-refractivity contribution is 0.0696. The van der Waals surface area contributed by atoms with Gasteiger partial charge in [-0.3, -0.25) is 0 Å². The van der Waals surface area contributed by atoms with E-state index in [0.717, 1.165) is 19.3 Å². The van der Waals surface area contributed by atoms with Crippen LogP contribution in [-0.4, -0.2) is 22.6 Å². The van der Waals surface area contributed by atoms with E-state index in [2.05, 4.69) is 10.6 Å². The van der Waals surface area contributed by atoms with Gasteiger partial charge in [-0.2, -0.15) is 0 Å². The Morgan fingerprint density at radius 2 is 2.00 bits per heavy atom. The molecule has 5 heteroatoms. The molecule has 2 amide bonds. The van der Waals surface area contributed by atoms with E-state index >= 15 is 0 Å². The van der Waals surface area contributed by atoms with Crippen LogP contribution >= 0.6 is 0 Å². The molecule has 0 radical (unpaired) electrons. The molecule has 1 aliphatic rings. The molecule has 0 aliphatic heterocycles. The summed E-state index contributed by atoms with van der Waals surface area (Å²) in [4.78, 5) is 22.9. The number of hydrogen-bond acceptors (Lipinski definition) is 2. The molecule has 1 fully saturated rings. The zero-order valence-electron chi connectivity index (χ0n) is 11.1. The summed E-state index contributed by atoms with van der Waals surface area (Å²) in [7, 11) is 0. The zero-order valence-corrected chi connectivity index (χ0v) is 11.1. The van der Waals surface area contributed by atoms with Crippen molar-refractivity contribution in [3.8, 4) is 0 Å². The second-order valence-electron chi connectivity index (χ2n) is 5.28. The smallest absolute Gasteiger partial charge is 0.336 e. The summed E-state index contributed by atoms with van der Waals surface area (Å²) in [5.41, 5.74) is 1.17. The molecule has 102 valence electrons. The van der Waals surface area contributed by atoms with Crippen molar-refractivity contribution in [1.29, 1.82) is 0 Å². The van der Waals surface area contributed by atoms with Gasteiger partial charge in [0.1, 0.15) is 0 Å². The van der Waals surface area contributed by atoms with E-state index in [1.54, 1.807) is 19.1 Å². The molecule has 1 saturated carbocycles. The summed E-state index contributed by atoms with van der Waals surface area (Å²) in [5, 5.41) is 14.7. The minimum Gasteiger partial charge on any atom is -0.478 e. The van der Waals surface area contributed by atoms with Gasteiger partial charge in [0.25, 0.3) is 0 Å². The van der Waals surface area contributed by atoms with Crippen molar-refractivity contribution in [1.82, 2.24) is 5.32 Å². The molecule has 5 nitrogen and oxygen atoms in total. The Morgan fingerprint density at radius 1 is 1.32 bits per heavy atom. The van der Waals surface area contributed by atoms with E-state index in [0.29, 0.717) is 11.3 Å². The predicted octanol–water partition coefficient (Wildman–Crippen LogP) is 2.76. The summed E-state index contributed by atoms with van der Waals surface area (Å²) < 4.78 is 0. The molecule has 0 spiro atoms. The normalized spacial score (nSPS) is 16.3. The van der Waals surface area contributed by atoms with E-state index in [4.69, 9.17) is 5.11 Å². The zero-order chi connectivity index (χ0) is 14.0. The lowest BCUT2D eigenvalue weighted by Gasteiger charge is -2.39. The maximum atomic E-state index is 11.9. The summed E-state index contributed by atoms with van der Waals surface area (Å²) in [5.74, 6) is -0.993. The molecule has 0 bridgehead atoms. The highest BCUT2D eigenvalue weighted by molar-refractivity contribution is 5.95. The Bertz CT molecular complexity index is 521. The summed E-state index contributed by atoms with van der Waals surface area (Å²) in [6.45, 7) is 3.70. The quantitative estimate of drug-likeness (QED) is 0.783. The van der Waals surface area contributed by atoms with Crippen LogP contribution in [-0.2, 0) is 0 Å². The number of carboxylic acids is 1. The molecule has 0 atom stereocenters. The van der Waals surface area contributed by atoms with Crippen LogP contribution in [0.2, 0.25) is 0 Å². The van der Waals surface area contributed by atoms with Crippen LogP contribution in [0.1, 0.15) is 42.1 Å². The number of carbonyl (C=O) groups is 2. The lowest BCUT2D eigenvalue weighted by Crippen LogP contribution is -2.52. The van der Waals surface area contributed by atoms with Gasteiger partial charge in [-0.05, 0) is 50.8 Å². The largest absolute Gasteiger partial charge is 0.478 e. The van der Waals surface area contributed by atoms with Crippen molar-refractivity contribution in [2.24, 2.45) is 0 Å².